The minimum Gasteiger partial charge on any atom is -0.465 e. The highest BCUT2D eigenvalue weighted by Gasteiger charge is 2.13. The molecule has 1 aromatic heterocycles. The Bertz CT molecular complexity index is 614. The Morgan fingerprint density at radius 1 is 1.32 bits per heavy atom. The van der Waals surface area contributed by atoms with Crippen LogP contribution in [0.1, 0.15) is 15.9 Å². The Morgan fingerprint density at radius 3 is 2.84 bits per heavy atom. The van der Waals surface area contributed by atoms with Gasteiger partial charge < -0.3 is 10.1 Å². The first kappa shape index (κ1) is 13.5. The van der Waals surface area contributed by atoms with Crippen molar-refractivity contribution in [2.45, 2.75) is 6.92 Å². The minimum absolute atomic E-state index is 0.407. The zero-order valence-electron chi connectivity index (χ0n) is 10.6. The molecule has 1 aromatic carbocycles. The van der Waals surface area contributed by atoms with E-state index in [1.165, 1.54) is 7.11 Å². The lowest BCUT2D eigenvalue weighted by Crippen LogP contribution is -2.07. The fourth-order valence-electron chi connectivity index (χ4n) is 1.65. The van der Waals surface area contributed by atoms with Gasteiger partial charge in [0.25, 0.3) is 0 Å². The van der Waals surface area contributed by atoms with E-state index in [-0.39, 0.29) is 0 Å². The van der Waals surface area contributed by atoms with Gasteiger partial charge in [-0.3, -0.25) is 0 Å². The maximum Gasteiger partial charge on any atom is 0.341 e. The number of aromatic nitrogens is 1. The lowest BCUT2D eigenvalue weighted by Gasteiger charge is -2.12. The lowest BCUT2D eigenvalue weighted by molar-refractivity contribution is 0.0601. The number of hydrogen-bond donors (Lipinski definition) is 1. The SMILES string of the molecule is COC(=O)c1cccnc1Nc1cccc(Br)c1C. The molecule has 0 aliphatic heterocycles. The van der Waals surface area contributed by atoms with Gasteiger partial charge >= 0.3 is 5.97 Å². The highest BCUT2D eigenvalue weighted by atomic mass is 79.9. The van der Waals surface area contributed by atoms with E-state index >= 15 is 0 Å². The second kappa shape index (κ2) is 5.84. The first-order chi connectivity index (χ1) is 9.13. The van der Waals surface area contributed by atoms with Crippen molar-refractivity contribution in [3.63, 3.8) is 0 Å². The van der Waals surface area contributed by atoms with Gasteiger partial charge in [0.05, 0.1) is 7.11 Å². The fourth-order valence-corrected chi connectivity index (χ4v) is 2.02. The molecule has 0 aliphatic carbocycles. The summed E-state index contributed by atoms with van der Waals surface area (Å²) < 4.78 is 5.73. The van der Waals surface area contributed by atoms with E-state index in [0.29, 0.717) is 11.4 Å². The molecule has 2 rings (SSSR count). The molecule has 0 fully saturated rings. The number of nitrogens with one attached hydrogen (secondary N) is 1. The van der Waals surface area contributed by atoms with E-state index < -0.39 is 5.97 Å². The van der Waals surface area contributed by atoms with Crippen LogP contribution in [-0.2, 0) is 4.74 Å². The van der Waals surface area contributed by atoms with Crippen LogP contribution in [0.25, 0.3) is 0 Å². The zero-order chi connectivity index (χ0) is 13.8. The molecule has 0 atom stereocenters. The van der Waals surface area contributed by atoms with E-state index in [1.54, 1.807) is 18.3 Å². The van der Waals surface area contributed by atoms with E-state index in [9.17, 15) is 4.79 Å². The zero-order valence-corrected chi connectivity index (χ0v) is 12.2. The van der Waals surface area contributed by atoms with Gasteiger partial charge in [0.15, 0.2) is 0 Å². The average Bonchev–Trinajstić information content (AvgIpc) is 2.43. The Kier molecular flexibility index (Phi) is 4.16. The van der Waals surface area contributed by atoms with Crippen molar-refractivity contribution in [2.75, 3.05) is 12.4 Å². The molecular formula is C14H13BrN2O2. The standard InChI is InChI=1S/C14H13BrN2O2/c1-9-11(15)6-3-7-12(9)17-13-10(14(18)19-2)5-4-8-16-13/h3-8H,1-2H3,(H,16,17). The molecule has 0 aliphatic rings. The molecular weight excluding hydrogens is 308 g/mol. The average molecular weight is 321 g/mol. The number of anilines is 2. The van der Waals surface area contributed by atoms with Crippen molar-refractivity contribution < 1.29 is 9.53 Å². The van der Waals surface area contributed by atoms with Gasteiger partial charge in [-0.25, -0.2) is 9.78 Å². The summed E-state index contributed by atoms with van der Waals surface area (Å²) in [6, 6.07) is 9.18. The van der Waals surface area contributed by atoms with Gasteiger partial charge in [-0.05, 0) is 36.8 Å². The number of esters is 1. The number of rotatable bonds is 3. The number of halogens is 1. The van der Waals surface area contributed by atoms with Crippen molar-refractivity contribution in [3.8, 4) is 0 Å². The van der Waals surface area contributed by atoms with Gasteiger partial charge in [-0.2, -0.15) is 0 Å². The smallest absolute Gasteiger partial charge is 0.341 e. The molecule has 0 unspecified atom stereocenters. The first-order valence-corrected chi connectivity index (χ1v) is 6.48. The van der Waals surface area contributed by atoms with Crippen LogP contribution in [0.3, 0.4) is 0 Å². The lowest BCUT2D eigenvalue weighted by atomic mass is 10.2. The van der Waals surface area contributed by atoms with Gasteiger partial charge in [-0.1, -0.05) is 22.0 Å². The summed E-state index contributed by atoms with van der Waals surface area (Å²) in [4.78, 5) is 15.9. The van der Waals surface area contributed by atoms with Gasteiger partial charge in [-0.15, -0.1) is 0 Å². The number of carbonyl (C=O) groups excluding carboxylic acids is 1. The molecule has 0 saturated heterocycles. The number of ether oxygens (including phenoxy) is 1. The maximum atomic E-state index is 11.7. The van der Waals surface area contributed by atoms with Gasteiger partial charge in [0.2, 0.25) is 0 Å². The number of pyridine rings is 1. The molecule has 0 saturated carbocycles. The Balaban J connectivity index is 2.39. The summed E-state index contributed by atoms with van der Waals surface area (Å²) in [6.07, 6.45) is 1.63. The third kappa shape index (κ3) is 2.93. The van der Waals surface area contributed by atoms with Crippen LogP contribution in [-0.4, -0.2) is 18.1 Å². The number of nitrogens with zero attached hydrogens (tertiary/aromatic N) is 1. The number of carbonyl (C=O) groups is 1. The van der Waals surface area contributed by atoms with Gasteiger partial charge in [0, 0.05) is 16.4 Å². The number of benzene rings is 1. The van der Waals surface area contributed by atoms with Crippen molar-refractivity contribution in [2.24, 2.45) is 0 Å². The van der Waals surface area contributed by atoms with Gasteiger partial charge in [0.1, 0.15) is 11.4 Å². The number of methoxy groups -OCH3 is 1. The molecule has 19 heavy (non-hydrogen) atoms. The third-order valence-electron chi connectivity index (χ3n) is 2.73. The molecule has 0 radical (unpaired) electrons. The van der Waals surface area contributed by atoms with Crippen LogP contribution in [0.4, 0.5) is 11.5 Å². The third-order valence-corrected chi connectivity index (χ3v) is 3.59. The van der Waals surface area contributed by atoms with Crippen molar-refractivity contribution in [3.05, 3.63) is 52.1 Å². The fraction of sp³-hybridized carbons (Fsp3) is 0.143. The predicted molar refractivity (Wildman–Crippen MR) is 77.7 cm³/mol. The molecule has 1 heterocycles. The molecule has 0 amide bonds. The summed E-state index contributed by atoms with van der Waals surface area (Å²) in [5, 5.41) is 3.15. The van der Waals surface area contributed by atoms with Crippen LogP contribution in [0.2, 0.25) is 0 Å². The highest BCUT2D eigenvalue weighted by Crippen LogP contribution is 2.27. The van der Waals surface area contributed by atoms with Crippen molar-refractivity contribution in [1.82, 2.24) is 4.98 Å². The molecule has 1 N–H and O–H groups in total. The van der Waals surface area contributed by atoms with Crippen LogP contribution >= 0.6 is 15.9 Å². The highest BCUT2D eigenvalue weighted by molar-refractivity contribution is 9.10. The van der Waals surface area contributed by atoms with E-state index in [2.05, 4.69) is 26.2 Å². The molecule has 0 spiro atoms. The Morgan fingerprint density at radius 2 is 2.11 bits per heavy atom. The second-order valence-corrected chi connectivity index (χ2v) is 4.78. The van der Waals surface area contributed by atoms with E-state index in [4.69, 9.17) is 4.74 Å². The summed E-state index contributed by atoms with van der Waals surface area (Å²) >= 11 is 3.47. The largest absolute Gasteiger partial charge is 0.465 e. The van der Waals surface area contributed by atoms with Crippen LogP contribution in [0.5, 0.6) is 0 Å². The van der Waals surface area contributed by atoms with Crippen LogP contribution in [0, 0.1) is 6.92 Å². The number of hydrogen-bond acceptors (Lipinski definition) is 4. The summed E-state index contributed by atoms with van der Waals surface area (Å²) in [5.74, 6) is 0.0683. The topological polar surface area (TPSA) is 51.2 Å². The Labute approximate surface area is 119 Å². The summed E-state index contributed by atoms with van der Waals surface area (Å²) in [6.45, 7) is 1.98. The molecule has 5 heteroatoms. The second-order valence-electron chi connectivity index (χ2n) is 3.93. The van der Waals surface area contributed by atoms with E-state index in [0.717, 1.165) is 15.7 Å². The molecule has 2 aromatic rings. The predicted octanol–water partition coefficient (Wildman–Crippen LogP) is 3.68. The molecule has 0 bridgehead atoms. The first-order valence-electron chi connectivity index (χ1n) is 5.69. The normalized spacial score (nSPS) is 10.1. The van der Waals surface area contributed by atoms with Crippen LogP contribution < -0.4 is 5.32 Å². The van der Waals surface area contributed by atoms with Crippen molar-refractivity contribution >= 4 is 33.4 Å². The Hall–Kier alpha value is -1.88. The van der Waals surface area contributed by atoms with E-state index in [1.807, 2.05) is 25.1 Å². The summed E-state index contributed by atoms with van der Waals surface area (Å²) in [7, 11) is 1.35. The minimum atomic E-state index is -0.414. The maximum absolute atomic E-state index is 11.7. The quantitative estimate of drug-likeness (QED) is 0.876. The monoisotopic (exact) mass is 320 g/mol. The van der Waals surface area contributed by atoms with Crippen LogP contribution in [0.15, 0.2) is 41.0 Å². The molecule has 98 valence electrons. The molecule has 4 nitrogen and oxygen atoms in total. The summed E-state index contributed by atoms with van der Waals surface area (Å²) in [5.41, 5.74) is 2.34. The van der Waals surface area contributed by atoms with Crippen molar-refractivity contribution in [1.29, 1.82) is 0 Å².